The van der Waals surface area contributed by atoms with Gasteiger partial charge in [0.2, 0.25) is 5.91 Å². The highest BCUT2D eigenvalue weighted by atomic mass is 16.5. The number of hydrogen-bond acceptors (Lipinski definition) is 5. The van der Waals surface area contributed by atoms with Crippen LogP contribution in [0, 0.1) is 0 Å². The highest BCUT2D eigenvalue weighted by Crippen LogP contribution is 2.14. The van der Waals surface area contributed by atoms with Crippen LogP contribution in [0.5, 0.6) is 0 Å². The van der Waals surface area contributed by atoms with E-state index in [2.05, 4.69) is 15.4 Å². The SMILES string of the molecule is NC(=O)CN(Cc1ccno1)C1CCNCC1. The Morgan fingerprint density at radius 2 is 2.35 bits per heavy atom. The maximum atomic E-state index is 11.1. The molecule has 0 unspecified atom stereocenters. The van der Waals surface area contributed by atoms with Gasteiger partial charge in [0.25, 0.3) is 0 Å². The summed E-state index contributed by atoms with van der Waals surface area (Å²) in [7, 11) is 0. The van der Waals surface area contributed by atoms with Crippen LogP contribution in [0.25, 0.3) is 0 Å². The molecule has 0 aromatic carbocycles. The van der Waals surface area contributed by atoms with E-state index in [0.29, 0.717) is 12.6 Å². The summed E-state index contributed by atoms with van der Waals surface area (Å²) in [4.78, 5) is 13.2. The summed E-state index contributed by atoms with van der Waals surface area (Å²) in [6.07, 6.45) is 3.67. The van der Waals surface area contributed by atoms with Gasteiger partial charge in [0, 0.05) is 12.1 Å². The largest absolute Gasteiger partial charge is 0.369 e. The number of nitrogens with one attached hydrogen (secondary N) is 1. The molecule has 0 spiro atoms. The van der Waals surface area contributed by atoms with Gasteiger partial charge in [-0.25, -0.2) is 0 Å². The lowest BCUT2D eigenvalue weighted by Crippen LogP contribution is -2.46. The fourth-order valence-corrected chi connectivity index (χ4v) is 2.21. The number of nitrogens with zero attached hydrogens (tertiary/aromatic N) is 2. The van der Waals surface area contributed by atoms with Crippen LogP contribution in [0.15, 0.2) is 16.8 Å². The highest BCUT2D eigenvalue weighted by Gasteiger charge is 2.23. The third-order valence-corrected chi connectivity index (χ3v) is 3.03. The number of amides is 1. The van der Waals surface area contributed by atoms with Crippen molar-refractivity contribution in [2.45, 2.75) is 25.4 Å². The average molecular weight is 238 g/mol. The van der Waals surface area contributed by atoms with E-state index in [-0.39, 0.29) is 12.5 Å². The molecule has 0 radical (unpaired) electrons. The zero-order chi connectivity index (χ0) is 12.1. The van der Waals surface area contributed by atoms with Gasteiger partial charge < -0.3 is 15.6 Å². The fourth-order valence-electron chi connectivity index (χ4n) is 2.21. The average Bonchev–Trinajstić information content (AvgIpc) is 2.82. The van der Waals surface area contributed by atoms with Gasteiger partial charge in [0.05, 0.1) is 19.3 Å². The number of primary amides is 1. The van der Waals surface area contributed by atoms with Crippen molar-refractivity contribution < 1.29 is 9.32 Å². The number of aromatic nitrogens is 1. The molecule has 1 aliphatic rings. The van der Waals surface area contributed by atoms with E-state index >= 15 is 0 Å². The molecule has 1 fully saturated rings. The van der Waals surface area contributed by atoms with Gasteiger partial charge in [-0.3, -0.25) is 9.69 Å². The standard InChI is InChI=1S/C11H18N4O2/c12-11(16)8-15(7-10-3-6-14-17-10)9-1-4-13-5-2-9/h3,6,9,13H,1-2,4-5,7-8H2,(H2,12,16). The van der Waals surface area contributed by atoms with Gasteiger partial charge in [-0.2, -0.15) is 0 Å². The number of hydrogen-bond donors (Lipinski definition) is 2. The normalized spacial score (nSPS) is 17.5. The minimum Gasteiger partial charge on any atom is -0.369 e. The van der Waals surface area contributed by atoms with E-state index in [4.69, 9.17) is 10.3 Å². The first-order valence-corrected chi connectivity index (χ1v) is 5.88. The van der Waals surface area contributed by atoms with Gasteiger partial charge >= 0.3 is 0 Å². The first kappa shape index (κ1) is 12.1. The summed E-state index contributed by atoms with van der Waals surface area (Å²) in [5.74, 6) is 0.466. The van der Waals surface area contributed by atoms with E-state index in [1.54, 1.807) is 6.20 Å². The second kappa shape index (κ2) is 5.79. The van der Waals surface area contributed by atoms with Crippen molar-refractivity contribution in [2.75, 3.05) is 19.6 Å². The molecule has 1 aromatic heterocycles. The second-order valence-electron chi connectivity index (χ2n) is 4.33. The molecule has 94 valence electrons. The number of carbonyl (C=O) groups is 1. The highest BCUT2D eigenvalue weighted by molar-refractivity contribution is 5.75. The molecule has 17 heavy (non-hydrogen) atoms. The van der Waals surface area contributed by atoms with Gasteiger partial charge in [-0.05, 0) is 25.9 Å². The van der Waals surface area contributed by atoms with Gasteiger partial charge in [-0.15, -0.1) is 0 Å². The molecule has 0 atom stereocenters. The van der Waals surface area contributed by atoms with Crippen LogP contribution in [0.2, 0.25) is 0 Å². The van der Waals surface area contributed by atoms with Crippen molar-refractivity contribution in [1.29, 1.82) is 0 Å². The first-order chi connectivity index (χ1) is 8.25. The fraction of sp³-hybridized carbons (Fsp3) is 0.636. The first-order valence-electron chi connectivity index (χ1n) is 5.88. The van der Waals surface area contributed by atoms with Crippen LogP contribution >= 0.6 is 0 Å². The van der Waals surface area contributed by atoms with Crippen LogP contribution in [0.4, 0.5) is 0 Å². The number of carbonyl (C=O) groups excluding carboxylic acids is 1. The lowest BCUT2D eigenvalue weighted by Gasteiger charge is -2.33. The van der Waals surface area contributed by atoms with Crippen molar-refractivity contribution >= 4 is 5.91 Å². The third kappa shape index (κ3) is 3.54. The van der Waals surface area contributed by atoms with Crippen LogP contribution in [0.3, 0.4) is 0 Å². The Balaban J connectivity index is 1.98. The predicted molar refractivity (Wildman–Crippen MR) is 62.0 cm³/mol. The third-order valence-electron chi connectivity index (χ3n) is 3.03. The molecule has 2 rings (SSSR count). The predicted octanol–water partition coefficient (Wildman–Crippen LogP) is -0.286. The number of nitrogens with two attached hydrogens (primary N) is 1. The summed E-state index contributed by atoms with van der Waals surface area (Å²) in [6, 6.07) is 2.20. The second-order valence-corrected chi connectivity index (χ2v) is 4.33. The molecule has 1 aliphatic heterocycles. The molecular weight excluding hydrogens is 220 g/mol. The molecule has 6 heteroatoms. The molecular formula is C11H18N4O2. The van der Waals surface area contributed by atoms with Gasteiger partial charge in [0.15, 0.2) is 5.76 Å². The van der Waals surface area contributed by atoms with Crippen LogP contribution < -0.4 is 11.1 Å². The van der Waals surface area contributed by atoms with Crippen molar-refractivity contribution in [2.24, 2.45) is 5.73 Å². The zero-order valence-corrected chi connectivity index (χ0v) is 9.76. The van der Waals surface area contributed by atoms with E-state index in [1.807, 2.05) is 6.07 Å². The van der Waals surface area contributed by atoms with Crippen molar-refractivity contribution in [1.82, 2.24) is 15.4 Å². The van der Waals surface area contributed by atoms with Gasteiger partial charge in [-0.1, -0.05) is 5.16 Å². The Labute approximate surface area is 100 Å². The van der Waals surface area contributed by atoms with Crippen LogP contribution in [-0.2, 0) is 11.3 Å². The Kier molecular flexibility index (Phi) is 4.11. The van der Waals surface area contributed by atoms with E-state index in [1.165, 1.54) is 0 Å². The summed E-state index contributed by atoms with van der Waals surface area (Å²) >= 11 is 0. The maximum absolute atomic E-state index is 11.1. The van der Waals surface area contributed by atoms with Crippen LogP contribution in [-0.4, -0.2) is 41.6 Å². The molecule has 0 saturated carbocycles. The minimum atomic E-state index is -0.303. The number of piperidine rings is 1. The molecule has 1 amide bonds. The summed E-state index contributed by atoms with van der Waals surface area (Å²) in [5.41, 5.74) is 5.29. The minimum absolute atomic E-state index is 0.269. The molecule has 1 aromatic rings. The van der Waals surface area contributed by atoms with Crippen molar-refractivity contribution in [3.63, 3.8) is 0 Å². The molecule has 3 N–H and O–H groups in total. The molecule has 6 nitrogen and oxygen atoms in total. The van der Waals surface area contributed by atoms with E-state index < -0.39 is 0 Å². The Bertz CT molecular complexity index is 346. The Morgan fingerprint density at radius 3 is 2.94 bits per heavy atom. The molecule has 0 aliphatic carbocycles. The smallest absolute Gasteiger partial charge is 0.231 e. The Hall–Kier alpha value is -1.40. The lowest BCUT2D eigenvalue weighted by atomic mass is 10.0. The van der Waals surface area contributed by atoms with Gasteiger partial charge in [0.1, 0.15) is 0 Å². The maximum Gasteiger partial charge on any atom is 0.231 e. The summed E-state index contributed by atoms with van der Waals surface area (Å²) in [5, 5.41) is 6.97. The van der Waals surface area contributed by atoms with E-state index in [0.717, 1.165) is 31.7 Å². The quantitative estimate of drug-likeness (QED) is 0.736. The number of rotatable bonds is 5. The molecule has 1 saturated heterocycles. The van der Waals surface area contributed by atoms with Crippen molar-refractivity contribution in [3.05, 3.63) is 18.0 Å². The zero-order valence-electron chi connectivity index (χ0n) is 9.76. The van der Waals surface area contributed by atoms with E-state index in [9.17, 15) is 4.79 Å². The topological polar surface area (TPSA) is 84.4 Å². The van der Waals surface area contributed by atoms with Crippen molar-refractivity contribution in [3.8, 4) is 0 Å². The van der Waals surface area contributed by atoms with Crippen LogP contribution in [0.1, 0.15) is 18.6 Å². The lowest BCUT2D eigenvalue weighted by molar-refractivity contribution is -0.120. The summed E-state index contributed by atoms with van der Waals surface area (Å²) in [6.45, 7) is 2.83. The summed E-state index contributed by atoms with van der Waals surface area (Å²) < 4.78 is 5.08. The molecule has 0 bridgehead atoms. The Morgan fingerprint density at radius 1 is 1.59 bits per heavy atom. The molecule has 2 heterocycles. The monoisotopic (exact) mass is 238 g/mol.